The molecule has 96 valence electrons. The zero-order valence-electron chi connectivity index (χ0n) is 9.54. The second-order valence-corrected chi connectivity index (χ2v) is 5.29. The second-order valence-electron chi connectivity index (χ2n) is 3.71. The van der Waals surface area contributed by atoms with Crippen molar-refractivity contribution in [1.82, 2.24) is 0 Å². The van der Waals surface area contributed by atoms with E-state index in [-0.39, 0.29) is 12.2 Å². The van der Waals surface area contributed by atoms with Gasteiger partial charge in [-0.2, -0.15) is 8.42 Å². The van der Waals surface area contributed by atoms with Gasteiger partial charge in [0.25, 0.3) is 0 Å². The van der Waals surface area contributed by atoms with E-state index in [9.17, 15) is 13.5 Å². The summed E-state index contributed by atoms with van der Waals surface area (Å²) in [6.07, 6.45) is 0.913. The Bertz CT molecular complexity index is 442. The first-order chi connectivity index (χ1) is 7.89. The molecule has 0 radical (unpaired) electrons. The molecule has 1 rings (SSSR count). The van der Waals surface area contributed by atoms with Crippen molar-refractivity contribution in [1.29, 1.82) is 0 Å². The smallest absolute Gasteiger partial charge is 0.338 e. The molecule has 1 atom stereocenters. The molecule has 0 aliphatic heterocycles. The van der Waals surface area contributed by atoms with E-state index in [4.69, 9.17) is 9.29 Å². The van der Waals surface area contributed by atoms with Crippen LogP contribution in [0.3, 0.4) is 0 Å². The van der Waals surface area contributed by atoms with Crippen LogP contribution < -0.4 is 4.74 Å². The fraction of sp³-hybridized carbons (Fsp3) is 0.455. The topological polar surface area (TPSA) is 83.8 Å². The van der Waals surface area contributed by atoms with Gasteiger partial charge >= 0.3 is 15.2 Å². The lowest BCUT2D eigenvalue weighted by Gasteiger charge is -2.25. The Morgan fingerprint density at radius 1 is 1.29 bits per heavy atom. The van der Waals surface area contributed by atoms with Crippen LogP contribution in [0.2, 0.25) is 0 Å². The van der Waals surface area contributed by atoms with Gasteiger partial charge in [-0.3, -0.25) is 4.55 Å². The summed E-state index contributed by atoms with van der Waals surface area (Å²) in [5.41, 5.74) is 0. The first kappa shape index (κ1) is 14.0. The number of para-hydroxylation sites is 1. The summed E-state index contributed by atoms with van der Waals surface area (Å²) in [6.45, 7) is 1.84. The Labute approximate surface area is 101 Å². The van der Waals surface area contributed by atoms with Gasteiger partial charge in [0.15, 0.2) is 0 Å². The van der Waals surface area contributed by atoms with E-state index in [1.165, 1.54) is 12.1 Å². The Hall–Kier alpha value is -1.11. The van der Waals surface area contributed by atoms with Crippen LogP contribution in [0.15, 0.2) is 30.3 Å². The molecule has 17 heavy (non-hydrogen) atoms. The lowest BCUT2D eigenvalue weighted by Crippen LogP contribution is -2.44. The fourth-order valence-corrected chi connectivity index (χ4v) is 1.91. The van der Waals surface area contributed by atoms with Crippen molar-refractivity contribution in [3.8, 4) is 5.75 Å². The van der Waals surface area contributed by atoms with Crippen LogP contribution in [0.1, 0.15) is 26.2 Å². The lowest BCUT2D eigenvalue weighted by molar-refractivity contribution is -0.0750. The van der Waals surface area contributed by atoms with E-state index < -0.39 is 15.2 Å². The standard InChI is InChI=1S/C11H16O5S/c1-2-3-9-11(12,17(13,14)15)16-10-7-5-4-6-8-10/h4-8,12H,2-3,9H2,1H3,(H,13,14,15). The minimum Gasteiger partial charge on any atom is -0.447 e. The molecule has 0 spiro atoms. The molecular formula is C11H16O5S. The van der Waals surface area contributed by atoms with Gasteiger partial charge in [0, 0.05) is 6.42 Å². The molecule has 0 aliphatic carbocycles. The molecule has 0 aromatic heterocycles. The van der Waals surface area contributed by atoms with Crippen molar-refractivity contribution in [3.05, 3.63) is 30.3 Å². The SMILES string of the molecule is CCCCC(O)(Oc1ccccc1)S(=O)(=O)O. The highest BCUT2D eigenvalue weighted by Crippen LogP contribution is 2.25. The Kier molecular flexibility index (Phi) is 4.50. The van der Waals surface area contributed by atoms with Crippen LogP contribution in [0.25, 0.3) is 0 Å². The van der Waals surface area contributed by atoms with Crippen LogP contribution in [-0.4, -0.2) is 23.2 Å². The average molecular weight is 260 g/mol. The summed E-state index contributed by atoms with van der Waals surface area (Å²) >= 11 is 0. The van der Waals surface area contributed by atoms with Crippen molar-refractivity contribution in [2.24, 2.45) is 0 Å². The molecule has 1 unspecified atom stereocenters. The zero-order chi connectivity index (χ0) is 12.9. The van der Waals surface area contributed by atoms with Crippen LogP contribution in [0.5, 0.6) is 5.75 Å². The van der Waals surface area contributed by atoms with Crippen molar-refractivity contribution in [2.75, 3.05) is 0 Å². The van der Waals surface area contributed by atoms with Crippen molar-refractivity contribution in [2.45, 2.75) is 31.3 Å². The molecule has 5 nitrogen and oxygen atoms in total. The van der Waals surface area contributed by atoms with Gasteiger partial charge in [-0.15, -0.1) is 0 Å². The highest BCUT2D eigenvalue weighted by Gasteiger charge is 2.43. The normalized spacial score (nSPS) is 15.2. The third-order valence-electron chi connectivity index (χ3n) is 2.27. The van der Waals surface area contributed by atoms with Crippen LogP contribution >= 0.6 is 0 Å². The van der Waals surface area contributed by atoms with Crippen molar-refractivity contribution in [3.63, 3.8) is 0 Å². The first-order valence-electron chi connectivity index (χ1n) is 5.32. The molecule has 0 amide bonds. The third-order valence-corrected chi connectivity index (χ3v) is 3.36. The van der Waals surface area contributed by atoms with Gasteiger partial charge in [-0.1, -0.05) is 31.5 Å². The van der Waals surface area contributed by atoms with Gasteiger partial charge < -0.3 is 9.84 Å². The first-order valence-corrected chi connectivity index (χ1v) is 6.76. The zero-order valence-corrected chi connectivity index (χ0v) is 10.4. The van der Waals surface area contributed by atoms with Crippen LogP contribution in [0.4, 0.5) is 0 Å². The van der Waals surface area contributed by atoms with E-state index in [0.29, 0.717) is 12.8 Å². The molecule has 1 aromatic carbocycles. The lowest BCUT2D eigenvalue weighted by atomic mass is 10.2. The number of aliphatic hydroxyl groups is 1. The molecule has 0 aliphatic rings. The van der Waals surface area contributed by atoms with E-state index in [2.05, 4.69) is 0 Å². The molecular weight excluding hydrogens is 244 g/mol. The number of ether oxygens (including phenoxy) is 1. The molecule has 0 bridgehead atoms. The predicted octanol–water partition coefficient (Wildman–Crippen LogP) is 1.79. The van der Waals surface area contributed by atoms with Gasteiger partial charge in [0.2, 0.25) is 0 Å². The largest absolute Gasteiger partial charge is 0.447 e. The molecule has 6 heteroatoms. The van der Waals surface area contributed by atoms with E-state index in [0.717, 1.165) is 0 Å². The number of hydrogen-bond donors (Lipinski definition) is 2. The number of unbranched alkanes of at least 4 members (excludes halogenated alkanes) is 1. The summed E-state index contributed by atoms with van der Waals surface area (Å²) in [7, 11) is -4.70. The number of hydrogen-bond acceptors (Lipinski definition) is 4. The maximum atomic E-state index is 11.1. The summed E-state index contributed by atoms with van der Waals surface area (Å²) in [5.74, 6) is 0.184. The summed E-state index contributed by atoms with van der Waals surface area (Å²) in [5, 5.41) is 7.29. The van der Waals surface area contributed by atoms with E-state index >= 15 is 0 Å². The number of rotatable bonds is 6. The molecule has 0 saturated carbocycles. The van der Waals surface area contributed by atoms with Crippen LogP contribution in [0, 0.1) is 0 Å². The number of benzene rings is 1. The molecule has 0 fully saturated rings. The van der Waals surface area contributed by atoms with Crippen LogP contribution in [-0.2, 0) is 10.1 Å². The van der Waals surface area contributed by atoms with Gasteiger partial charge in [0.1, 0.15) is 5.75 Å². The van der Waals surface area contributed by atoms with Crippen molar-refractivity contribution < 1.29 is 22.8 Å². The maximum absolute atomic E-state index is 11.1. The average Bonchev–Trinajstić information content (AvgIpc) is 2.26. The minimum absolute atomic E-state index is 0.183. The highest BCUT2D eigenvalue weighted by atomic mass is 32.2. The monoisotopic (exact) mass is 260 g/mol. The Morgan fingerprint density at radius 3 is 2.35 bits per heavy atom. The molecule has 0 heterocycles. The maximum Gasteiger partial charge on any atom is 0.338 e. The summed E-state index contributed by atoms with van der Waals surface area (Å²) in [4.78, 5) is 0. The summed E-state index contributed by atoms with van der Waals surface area (Å²) in [6, 6.07) is 8.01. The van der Waals surface area contributed by atoms with Gasteiger partial charge in [-0.05, 0) is 18.6 Å². The summed E-state index contributed by atoms with van der Waals surface area (Å²) < 4.78 is 36.3. The second kappa shape index (κ2) is 5.48. The predicted molar refractivity (Wildman–Crippen MR) is 63.1 cm³/mol. The molecule has 1 aromatic rings. The van der Waals surface area contributed by atoms with Gasteiger partial charge in [-0.25, -0.2) is 0 Å². The Morgan fingerprint density at radius 2 is 1.88 bits per heavy atom. The molecule has 0 saturated heterocycles. The highest BCUT2D eigenvalue weighted by molar-refractivity contribution is 7.86. The van der Waals surface area contributed by atoms with E-state index in [1.54, 1.807) is 18.2 Å². The Balaban J connectivity index is 2.92. The fourth-order valence-electron chi connectivity index (χ4n) is 1.31. The molecule has 2 N–H and O–H groups in total. The van der Waals surface area contributed by atoms with E-state index in [1.807, 2.05) is 6.92 Å². The van der Waals surface area contributed by atoms with Crippen molar-refractivity contribution >= 4 is 10.1 Å². The third kappa shape index (κ3) is 3.69. The minimum atomic E-state index is -4.70. The quantitative estimate of drug-likeness (QED) is 0.601. The van der Waals surface area contributed by atoms with Gasteiger partial charge in [0.05, 0.1) is 0 Å².